The van der Waals surface area contributed by atoms with Crippen molar-refractivity contribution >= 4 is 21.7 Å². The van der Waals surface area contributed by atoms with Crippen LogP contribution >= 0.6 is 11.6 Å². The highest BCUT2D eigenvalue weighted by Gasteiger charge is 2.37. The molecule has 1 aliphatic heterocycles. The first kappa shape index (κ1) is 19.4. The average molecular weight is 496 g/mol. The molecule has 3 nitrogen and oxygen atoms in total. The van der Waals surface area contributed by atoms with E-state index < -0.39 is 22.0 Å². The van der Waals surface area contributed by atoms with E-state index in [0.29, 0.717) is 5.02 Å². The second-order valence-corrected chi connectivity index (χ2v) is 9.35. The molecule has 24 heavy (non-hydrogen) atoms. The molecule has 0 aromatic heterocycles. The van der Waals surface area contributed by atoms with Gasteiger partial charge in [-0.2, -0.15) is 21.6 Å². The van der Waals surface area contributed by atoms with Crippen LogP contribution in [0.1, 0.15) is 0 Å². The molecular formula is C14H9ClF4IO3S+. The van der Waals surface area contributed by atoms with Crippen molar-refractivity contribution in [1.82, 2.24) is 0 Å². The Hall–Kier alpha value is -0.910. The van der Waals surface area contributed by atoms with Crippen molar-refractivity contribution in [2.45, 2.75) is 6.18 Å². The van der Waals surface area contributed by atoms with Crippen LogP contribution in [0.15, 0.2) is 36.4 Å². The van der Waals surface area contributed by atoms with Gasteiger partial charge in [-0.25, -0.2) is 4.39 Å². The lowest BCUT2D eigenvalue weighted by Crippen LogP contribution is -3.61. The van der Waals surface area contributed by atoms with Gasteiger partial charge in [0.05, 0.1) is 16.1 Å². The molecule has 0 fully saturated rings. The van der Waals surface area contributed by atoms with E-state index in [1.165, 1.54) is 9.64 Å². The minimum absolute atomic E-state index is 0.154. The molecule has 130 valence electrons. The summed E-state index contributed by atoms with van der Waals surface area (Å²) in [4.78, 5) is 0. The minimum Gasteiger partial charge on any atom is -0.285 e. The molecule has 0 amide bonds. The Balaban J connectivity index is 0.000000202. The van der Waals surface area contributed by atoms with E-state index in [4.69, 9.17) is 16.2 Å². The Labute approximate surface area is 150 Å². The maximum atomic E-state index is 13.7. The normalized spacial score (nSPS) is 12.9. The van der Waals surface area contributed by atoms with Crippen molar-refractivity contribution in [1.29, 1.82) is 0 Å². The average Bonchev–Trinajstić information content (AvgIpc) is 2.76. The Morgan fingerprint density at radius 2 is 1.58 bits per heavy atom. The van der Waals surface area contributed by atoms with Crippen molar-refractivity contribution in [2.75, 3.05) is 5.75 Å². The first-order chi connectivity index (χ1) is 11.0. The van der Waals surface area contributed by atoms with Gasteiger partial charge in [-0.3, -0.25) is 4.55 Å². The fraction of sp³-hybridized carbons (Fsp3) is 0.143. The summed E-state index contributed by atoms with van der Waals surface area (Å²) in [7, 11) is -4.91. The highest BCUT2D eigenvalue weighted by molar-refractivity contribution is 7.85. The molecule has 0 aliphatic carbocycles. The number of fused-ring (bicyclic) bond motifs is 3. The highest BCUT2D eigenvalue weighted by atomic mass is 127. The van der Waals surface area contributed by atoms with Gasteiger partial charge in [0, 0.05) is 0 Å². The van der Waals surface area contributed by atoms with Crippen molar-refractivity contribution in [3.8, 4) is 11.1 Å². The number of hydrogen-bond acceptors (Lipinski definition) is 2. The van der Waals surface area contributed by atoms with Crippen LogP contribution in [0.5, 0.6) is 0 Å². The SMILES string of the molecule is Fc1cccc2c1-c1c(Cl)cccc1[I+]2.O=S(=O)(O)CC(F)(F)F. The molecule has 1 N–H and O–H groups in total. The zero-order valence-corrected chi connectivity index (χ0v) is 15.3. The highest BCUT2D eigenvalue weighted by Crippen LogP contribution is 2.31. The van der Waals surface area contributed by atoms with E-state index in [1.54, 1.807) is 6.07 Å². The van der Waals surface area contributed by atoms with E-state index in [1.807, 2.05) is 24.3 Å². The van der Waals surface area contributed by atoms with Gasteiger partial charge in [-0.15, -0.1) is 0 Å². The molecule has 0 unspecified atom stereocenters. The summed E-state index contributed by atoms with van der Waals surface area (Å²) in [5, 5.41) is 0.663. The van der Waals surface area contributed by atoms with Crippen LogP contribution in [-0.2, 0) is 10.1 Å². The Kier molecular flexibility index (Phi) is 5.78. The van der Waals surface area contributed by atoms with Crippen LogP contribution in [0.25, 0.3) is 11.1 Å². The number of benzene rings is 2. The molecule has 1 heterocycles. The first-order valence-corrected chi connectivity index (χ1v) is 10.4. The van der Waals surface area contributed by atoms with Crippen LogP contribution in [0, 0.1) is 13.0 Å². The van der Waals surface area contributed by atoms with Gasteiger partial charge in [-0.1, -0.05) is 23.7 Å². The second kappa shape index (κ2) is 7.14. The molecule has 2 aromatic rings. The standard InChI is InChI=1S/C12H6ClFI.C2H3F3O3S/c13-7-3-1-5-9-11(7)12-8(14)4-2-6-10(12)15-9;3-2(4,5)1-9(6,7)8/h1-6H;1H2,(H,6,7,8)/q+1;. The van der Waals surface area contributed by atoms with Crippen LogP contribution in [0.4, 0.5) is 17.6 Å². The van der Waals surface area contributed by atoms with Crippen molar-refractivity contribution < 1.29 is 51.7 Å². The van der Waals surface area contributed by atoms with Gasteiger partial charge in [-0.05, 0) is 24.3 Å². The van der Waals surface area contributed by atoms with Crippen molar-refractivity contribution in [2.24, 2.45) is 0 Å². The number of hydrogen-bond donors (Lipinski definition) is 1. The van der Waals surface area contributed by atoms with Gasteiger partial charge < -0.3 is 0 Å². The predicted octanol–water partition coefficient (Wildman–Crippen LogP) is 1.02. The molecule has 3 rings (SSSR count). The molecular weight excluding hydrogens is 487 g/mol. The summed E-state index contributed by atoms with van der Waals surface area (Å²) < 4.78 is 75.7. The Bertz CT molecular complexity index is 819. The maximum absolute atomic E-state index is 13.7. The molecule has 0 saturated heterocycles. The fourth-order valence-corrected chi connectivity index (χ4v) is 5.82. The van der Waals surface area contributed by atoms with E-state index in [-0.39, 0.29) is 27.0 Å². The molecule has 2 aromatic carbocycles. The number of rotatable bonds is 1. The molecule has 0 spiro atoms. The summed E-state index contributed by atoms with van der Waals surface area (Å²) in [6, 6.07) is 11.1. The zero-order chi connectivity index (χ0) is 18.1. The lowest BCUT2D eigenvalue weighted by Gasteiger charge is -2.00. The largest absolute Gasteiger partial charge is 0.405 e. The first-order valence-electron chi connectivity index (χ1n) is 6.22. The van der Waals surface area contributed by atoms with Crippen LogP contribution in [-0.4, -0.2) is 24.9 Å². The lowest BCUT2D eigenvalue weighted by atomic mass is 10.1. The Morgan fingerprint density at radius 3 is 2.08 bits per heavy atom. The van der Waals surface area contributed by atoms with Crippen LogP contribution in [0.2, 0.25) is 5.02 Å². The third kappa shape index (κ3) is 5.04. The van der Waals surface area contributed by atoms with E-state index in [0.717, 1.165) is 14.7 Å². The van der Waals surface area contributed by atoms with E-state index in [2.05, 4.69) is 0 Å². The van der Waals surface area contributed by atoms with Gasteiger partial charge in [0.1, 0.15) is 5.82 Å². The zero-order valence-electron chi connectivity index (χ0n) is 11.6. The summed E-state index contributed by atoms with van der Waals surface area (Å²) in [6.45, 7) is 0. The van der Waals surface area contributed by atoms with Gasteiger partial charge in [0.25, 0.3) is 10.1 Å². The van der Waals surface area contributed by atoms with E-state index >= 15 is 0 Å². The second-order valence-electron chi connectivity index (χ2n) is 4.63. The molecule has 1 aliphatic rings. The topological polar surface area (TPSA) is 54.4 Å². The summed E-state index contributed by atoms with van der Waals surface area (Å²) in [5.41, 5.74) is 1.64. The van der Waals surface area contributed by atoms with Crippen LogP contribution in [0.3, 0.4) is 0 Å². The molecule has 10 heteroatoms. The van der Waals surface area contributed by atoms with Crippen molar-refractivity contribution in [3.63, 3.8) is 0 Å². The van der Waals surface area contributed by atoms with E-state index in [9.17, 15) is 26.0 Å². The monoisotopic (exact) mass is 495 g/mol. The molecule has 0 bridgehead atoms. The third-order valence-electron chi connectivity index (χ3n) is 2.73. The van der Waals surface area contributed by atoms with Gasteiger partial charge in [0.2, 0.25) is 7.14 Å². The number of alkyl halides is 3. The quantitative estimate of drug-likeness (QED) is 0.312. The summed E-state index contributed by atoms with van der Waals surface area (Å²) in [6.07, 6.45) is -4.85. The summed E-state index contributed by atoms with van der Waals surface area (Å²) in [5.74, 6) is -2.33. The molecule has 0 saturated carbocycles. The molecule has 0 atom stereocenters. The molecule has 0 radical (unpaired) electrons. The van der Waals surface area contributed by atoms with Crippen LogP contribution < -0.4 is 21.2 Å². The lowest BCUT2D eigenvalue weighted by molar-refractivity contribution is -0.590. The maximum Gasteiger partial charge on any atom is 0.405 e. The minimum atomic E-state index is -4.91. The van der Waals surface area contributed by atoms with Gasteiger partial charge >= 0.3 is 27.4 Å². The summed E-state index contributed by atoms with van der Waals surface area (Å²) >= 11 is 5.87. The Morgan fingerprint density at radius 1 is 1.04 bits per heavy atom. The van der Waals surface area contributed by atoms with Gasteiger partial charge in [0.15, 0.2) is 5.75 Å². The predicted molar refractivity (Wildman–Crippen MR) is 76.7 cm³/mol. The fourth-order valence-electron chi connectivity index (χ4n) is 1.95. The third-order valence-corrected chi connectivity index (χ3v) is 6.69. The smallest absolute Gasteiger partial charge is 0.285 e. The number of halogens is 6. The van der Waals surface area contributed by atoms with Crippen molar-refractivity contribution in [3.05, 3.63) is 54.4 Å².